The summed E-state index contributed by atoms with van der Waals surface area (Å²) in [6.45, 7) is 2.62. The monoisotopic (exact) mass is 351 g/mol. The van der Waals surface area contributed by atoms with Gasteiger partial charge in [0.2, 0.25) is 5.91 Å². The third kappa shape index (κ3) is 4.61. The van der Waals surface area contributed by atoms with Crippen LogP contribution in [0.25, 0.3) is 10.8 Å². The topological polar surface area (TPSA) is 29.1 Å². The normalized spacial score (nSPS) is 12.1. The third-order valence-corrected chi connectivity index (χ3v) is 4.73. The lowest BCUT2D eigenvalue weighted by atomic mass is 9.95. The van der Waals surface area contributed by atoms with E-state index >= 15 is 0 Å². The first-order valence-electron chi connectivity index (χ1n) is 8.62. The average Bonchev–Trinajstić information content (AvgIpc) is 2.63. The molecule has 1 unspecified atom stereocenters. The summed E-state index contributed by atoms with van der Waals surface area (Å²) in [7, 11) is 0. The van der Waals surface area contributed by atoms with Crippen LogP contribution in [0, 0.1) is 5.92 Å². The Morgan fingerprint density at radius 3 is 2.52 bits per heavy atom. The van der Waals surface area contributed by atoms with E-state index in [1.807, 2.05) is 43.3 Å². The van der Waals surface area contributed by atoms with Gasteiger partial charge in [-0.25, -0.2) is 0 Å². The number of hydrogen-bond donors (Lipinski definition) is 1. The van der Waals surface area contributed by atoms with Crippen LogP contribution in [-0.2, 0) is 17.6 Å². The molecule has 0 saturated heterocycles. The van der Waals surface area contributed by atoms with Gasteiger partial charge in [0.15, 0.2) is 0 Å². The molecule has 0 radical (unpaired) electrons. The van der Waals surface area contributed by atoms with E-state index in [-0.39, 0.29) is 11.8 Å². The Balaban J connectivity index is 1.56. The molecule has 0 heterocycles. The number of benzene rings is 3. The smallest absolute Gasteiger partial charge is 0.223 e. The minimum absolute atomic E-state index is 0.0592. The Kier molecular flexibility index (Phi) is 5.72. The van der Waals surface area contributed by atoms with Gasteiger partial charge >= 0.3 is 0 Å². The summed E-state index contributed by atoms with van der Waals surface area (Å²) in [5.41, 5.74) is 2.39. The predicted octanol–water partition coefficient (Wildman–Crippen LogP) is 5.03. The van der Waals surface area contributed by atoms with Crippen molar-refractivity contribution in [1.82, 2.24) is 5.32 Å². The SMILES string of the molecule is CC(Cc1cccc2ccccc12)C(=O)NCCc1ccc(Cl)cc1. The predicted molar refractivity (Wildman–Crippen MR) is 105 cm³/mol. The summed E-state index contributed by atoms with van der Waals surface area (Å²) < 4.78 is 0. The second-order valence-electron chi connectivity index (χ2n) is 6.41. The van der Waals surface area contributed by atoms with Crippen molar-refractivity contribution in [1.29, 1.82) is 0 Å². The van der Waals surface area contributed by atoms with Crippen LogP contribution in [-0.4, -0.2) is 12.5 Å². The van der Waals surface area contributed by atoms with Crippen LogP contribution in [0.1, 0.15) is 18.1 Å². The Morgan fingerprint density at radius 2 is 1.72 bits per heavy atom. The second kappa shape index (κ2) is 8.17. The molecule has 3 aromatic rings. The van der Waals surface area contributed by atoms with Crippen LogP contribution in [0.5, 0.6) is 0 Å². The molecular formula is C22H22ClNO. The zero-order chi connectivity index (χ0) is 17.6. The molecule has 0 aliphatic rings. The van der Waals surface area contributed by atoms with E-state index in [4.69, 9.17) is 11.6 Å². The standard InChI is InChI=1S/C22H22ClNO/c1-16(15-19-7-4-6-18-5-2-3-8-21(18)19)22(25)24-14-13-17-9-11-20(23)12-10-17/h2-12,16H,13-15H2,1H3,(H,24,25). The van der Waals surface area contributed by atoms with E-state index in [1.165, 1.54) is 21.9 Å². The molecule has 2 nitrogen and oxygen atoms in total. The van der Waals surface area contributed by atoms with Crippen LogP contribution in [0.3, 0.4) is 0 Å². The summed E-state index contributed by atoms with van der Waals surface area (Å²) in [4.78, 5) is 12.4. The zero-order valence-corrected chi connectivity index (χ0v) is 15.1. The van der Waals surface area contributed by atoms with E-state index in [0.717, 1.165) is 17.9 Å². The highest BCUT2D eigenvalue weighted by atomic mass is 35.5. The van der Waals surface area contributed by atoms with Gasteiger partial charge in [-0.3, -0.25) is 4.79 Å². The lowest BCUT2D eigenvalue weighted by molar-refractivity contribution is -0.124. The number of carbonyl (C=O) groups is 1. The molecule has 25 heavy (non-hydrogen) atoms. The molecular weight excluding hydrogens is 330 g/mol. The number of halogens is 1. The molecule has 1 N–H and O–H groups in total. The van der Waals surface area contributed by atoms with E-state index < -0.39 is 0 Å². The van der Waals surface area contributed by atoms with Gasteiger partial charge in [0.05, 0.1) is 0 Å². The summed E-state index contributed by atoms with van der Waals surface area (Å²) >= 11 is 5.89. The van der Waals surface area contributed by atoms with E-state index in [9.17, 15) is 4.79 Å². The van der Waals surface area contributed by atoms with Crippen LogP contribution < -0.4 is 5.32 Å². The van der Waals surface area contributed by atoms with Crippen molar-refractivity contribution in [3.63, 3.8) is 0 Å². The summed E-state index contributed by atoms with van der Waals surface area (Å²) in [6, 6.07) is 22.3. The summed E-state index contributed by atoms with van der Waals surface area (Å²) in [5.74, 6) is 0.0397. The quantitative estimate of drug-likeness (QED) is 0.663. The molecule has 128 valence electrons. The molecule has 0 aromatic heterocycles. The Morgan fingerprint density at radius 1 is 1.00 bits per heavy atom. The molecule has 1 amide bonds. The van der Waals surface area contributed by atoms with Crippen molar-refractivity contribution in [2.24, 2.45) is 5.92 Å². The lowest BCUT2D eigenvalue weighted by Crippen LogP contribution is -2.31. The molecule has 0 bridgehead atoms. The molecule has 0 aliphatic heterocycles. The maximum absolute atomic E-state index is 12.4. The maximum Gasteiger partial charge on any atom is 0.223 e. The van der Waals surface area contributed by atoms with E-state index in [2.05, 4.69) is 35.6 Å². The van der Waals surface area contributed by atoms with E-state index in [0.29, 0.717) is 6.54 Å². The maximum atomic E-state index is 12.4. The van der Waals surface area contributed by atoms with Gasteiger partial charge in [-0.05, 0) is 46.9 Å². The molecule has 0 saturated carbocycles. The first kappa shape index (κ1) is 17.5. The number of rotatable bonds is 6. The molecule has 0 fully saturated rings. The molecule has 3 rings (SSSR count). The van der Waals surface area contributed by atoms with Crippen molar-refractivity contribution >= 4 is 28.3 Å². The van der Waals surface area contributed by atoms with Crippen molar-refractivity contribution in [2.75, 3.05) is 6.54 Å². The molecule has 0 spiro atoms. The molecule has 3 aromatic carbocycles. The third-order valence-electron chi connectivity index (χ3n) is 4.48. The van der Waals surface area contributed by atoms with Crippen LogP contribution in [0.15, 0.2) is 66.7 Å². The van der Waals surface area contributed by atoms with E-state index in [1.54, 1.807) is 0 Å². The first-order chi connectivity index (χ1) is 12.1. The second-order valence-corrected chi connectivity index (χ2v) is 6.85. The van der Waals surface area contributed by atoms with Gasteiger partial charge in [-0.2, -0.15) is 0 Å². The minimum atomic E-state index is -0.0592. The van der Waals surface area contributed by atoms with Crippen molar-refractivity contribution in [3.8, 4) is 0 Å². The lowest BCUT2D eigenvalue weighted by Gasteiger charge is -2.14. The number of hydrogen-bond acceptors (Lipinski definition) is 1. The minimum Gasteiger partial charge on any atom is -0.356 e. The van der Waals surface area contributed by atoms with Gasteiger partial charge in [0, 0.05) is 17.5 Å². The van der Waals surface area contributed by atoms with Crippen molar-refractivity contribution in [3.05, 3.63) is 82.9 Å². The fraction of sp³-hybridized carbons (Fsp3) is 0.227. The molecule has 3 heteroatoms. The largest absolute Gasteiger partial charge is 0.356 e. The highest BCUT2D eigenvalue weighted by Crippen LogP contribution is 2.21. The van der Waals surface area contributed by atoms with Gasteiger partial charge < -0.3 is 5.32 Å². The highest BCUT2D eigenvalue weighted by molar-refractivity contribution is 6.30. The Hall–Kier alpha value is -2.32. The van der Waals surface area contributed by atoms with Gasteiger partial charge in [0.25, 0.3) is 0 Å². The summed E-state index contributed by atoms with van der Waals surface area (Å²) in [6.07, 6.45) is 1.55. The van der Waals surface area contributed by atoms with Gasteiger partial charge in [0.1, 0.15) is 0 Å². The number of fused-ring (bicyclic) bond motifs is 1. The fourth-order valence-electron chi connectivity index (χ4n) is 3.05. The average molecular weight is 352 g/mol. The van der Waals surface area contributed by atoms with Gasteiger partial charge in [-0.1, -0.05) is 73.1 Å². The number of amides is 1. The van der Waals surface area contributed by atoms with Crippen LogP contribution in [0.2, 0.25) is 5.02 Å². The number of nitrogens with one attached hydrogen (secondary N) is 1. The van der Waals surface area contributed by atoms with Crippen molar-refractivity contribution < 1.29 is 4.79 Å². The Bertz CT molecular complexity index is 852. The summed E-state index contributed by atoms with van der Waals surface area (Å²) in [5, 5.41) is 6.22. The fourth-order valence-corrected chi connectivity index (χ4v) is 3.17. The zero-order valence-electron chi connectivity index (χ0n) is 14.3. The first-order valence-corrected chi connectivity index (χ1v) is 9.00. The van der Waals surface area contributed by atoms with Crippen molar-refractivity contribution in [2.45, 2.75) is 19.8 Å². The molecule has 0 aliphatic carbocycles. The Labute approximate surface area is 153 Å². The van der Waals surface area contributed by atoms with Crippen LogP contribution >= 0.6 is 11.6 Å². The number of carbonyl (C=O) groups excluding carboxylic acids is 1. The van der Waals surface area contributed by atoms with Gasteiger partial charge in [-0.15, -0.1) is 0 Å². The molecule has 1 atom stereocenters. The highest BCUT2D eigenvalue weighted by Gasteiger charge is 2.14. The van der Waals surface area contributed by atoms with Crippen LogP contribution in [0.4, 0.5) is 0 Å².